The molecule has 0 saturated heterocycles. The molecule has 3 rings (SSSR count). The summed E-state index contributed by atoms with van der Waals surface area (Å²) in [6, 6.07) is 15.0. The van der Waals surface area contributed by atoms with E-state index in [9.17, 15) is 0 Å². The average molecular weight is 296 g/mol. The highest BCUT2D eigenvalue weighted by Crippen LogP contribution is 2.30. The molecule has 3 aromatic rings. The fourth-order valence-electron chi connectivity index (χ4n) is 2.42. The van der Waals surface area contributed by atoms with Gasteiger partial charge < -0.3 is 5.32 Å². The second kappa shape index (κ2) is 6.37. The standard InChI is InChI=1S/C18H20N2S/c1-3-10-19-12-17-13(2)20-18(21-17)16-9-8-14-6-4-5-7-15(14)11-16/h4-9,11,19H,3,10,12H2,1-2H3. The van der Waals surface area contributed by atoms with Gasteiger partial charge in [0.25, 0.3) is 0 Å². The zero-order chi connectivity index (χ0) is 14.7. The van der Waals surface area contributed by atoms with E-state index < -0.39 is 0 Å². The molecule has 2 nitrogen and oxygen atoms in total. The van der Waals surface area contributed by atoms with Gasteiger partial charge in [0.05, 0.1) is 5.69 Å². The van der Waals surface area contributed by atoms with Crippen molar-refractivity contribution in [2.45, 2.75) is 26.8 Å². The van der Waals surface area contributed by atoms with Crippen LogP contribution in [0, 0.1) is 6.92 Å². The Morgan fingerprint density at radius 1 is 1.10 bits per heavy atom. The molecule has 0 aliphatic heterocycles. The van der Waals surface area contributed by atoms with E-state index in [1.165, 1.54) is 21.2 Å². The third-order valence-corrected chi connectivity index (χ3v) is 4.81. The molecule has 0 unspecified atom stereocenters. The summed E-state index contributed by atoms with van der Waals surface area (Å²) in [5.74, 6) is 0. The Morgan fingerprint density at radius 3 is 2.71 bits per heavy atom. The molecule has 1 heterocycles. The van der Waals surface area contributed by atoms with Crippen LogP contribution in [0.25, 0.3) is 21.3 Å². The normalized spacial score (nSPS) is 11.1. The molecule has 0 bridgehead atoms. The molecule has 0 fully saturated rings. The molecule has 2 aromatic carbocycles. The topological polar surface area (TPSA) is 24.9 Å². The maximum Gasteiger partial charge on any atom is 0.123 e. The number of thiazole rings is 1. The number of rotatable bonds is 5. The number of fused-ring (bicyclic) bond motifs is 1. The molecule has 0 radical (unpaired) electrons. The minimum absolute atomic E-state index is 0.922. The monoisotopic (exact) mass is 296 g/mol. The summed E-state index contributed by atoms with van der Waals surface area (Å²) in [7, 11) is 0. The van der Waals surface area contributed by atoms with E-state index >= 15 is 0 Å². The molecule has 0 spiro atoms. The second-order valence-electron chi connectivity index (χ2n) is 5.27. The zero-order valence-electron chi connectivity index (χ0n) is 12.5. The van der Waals surface area contributed by atoms with Crippen LogP contribution in [0.2, 0.25) is 0 Å². The number of aromatic nitrogens is 1. The van der Waals surface area contributed by atoms with Crippen molar-refractivity contribution in [1.29, 1.82) is 0 Å². The quantitative estimate of drug-likeness (QED) is 0.686. The summed E-state index contributed by atoms with van der Waals surface area (Å²) in [5, 5.41) is 7.12. The van der Waals surface area contributed by atoms with Crippen molar-refractivity contribution in [2.24, 2.45) is 0 Å². The van der Waals surface area contributed by atoms with Gasteiger partial charge in [-0.3, -0.25) is 0 Å². The first-order valence-corrected chi connectivity index (χ1v) is 8.26. The van der Waals surface area contributed by atoms with Gasteiger partial charge in [-0.15, -0.1) is 11.3 Å². The fourth-order valence-corrected chi connectivity index (χ4v) is 3.44. The van der Waals surface area contributed by atoms with Crippen molar-refractivity contribution < 1.29 is 0 Å². The van der Waals surface area contributed by atoms with Crippen LogP contribution in [-0.4, -0.2) is 11.5 Å². The smallest absolute Gasteiger partial charge is 0.123 e. The van der Waals surface area contributed by atoms with Crippen LogP contribution in [0.4, 0.5) is 0 Å². The number of hydrogen-bond acceptors (Lipinski definition) is 3. The average Bonchev–Trinajstić information content (AvgIpc) is 2.88. The highest BCUT2D eigenvalue weighted by molar-refractivity contribution is 7.15. The summed E-state index contributed by atoms with van der Waals surface area (Å²) < 4.78 is 0. The van der Waals surface area contributed by atoms with E-state index in [1.54, 1.807) is 11.3 Å². The molecule has 1 N–H and O–H groups in total. The van der Waals surface area contributed by atoms with Crippen molar-refractivity contribution in [3.8, 4) is 10.6 Å². The van der Waals surface area contributed by atoms with Gasteiger partial charge in [-0.2, -0.15) is 0 Å². The van der Waals surface area contributed by atoms with E-state index in [0.29, 0.717) is 0 Å². The highest BCUT2D eigenvalue weighted by atomic mass is 32.1. The minimum atomic E-state index is 0.922. The number of aryl methyl sites for hydroxylation is 1. The molecule has 21 heavy (non-hydrogen) atoms. The second-order valence-corrected chi connectivity index (χ2v) is 6.35. The van der Waals surface area contributed by atoms with Crippen molar-refractivity contribution in [3.05, 3.63) is 53.0 Å². The summed E-state index contributed by atoms with van der Waals surface area (Å²) in [6.07, 6.45) is 1.16. The van der Waals surface area contributed by atoms with Crippen LogP contribution in [0.5, 0.6) is 0 Å². The zero-order valence-corrected chi connectivity index (χ0v) is 13.3. The Morgan fingerprint density at radius 2 is 1.90 bits per heavy atom. The Kier molecular flexibility index (Phi) is 4.32. The van der Waals surface area contributed by atoms with Crippen LogP contribution < -0.4 is 5.32 Å². The predicted molar refractivity (Wildman–Crippen MR) is 91.8 cm³/mol. The van der Waals surface area contributed by atoms with Crippen molar-refractivity contribution in [2.75, 3.05) is 6.54 Å². The summed E-state index contributed by atoms with van der Waals surface area (Å²) in [4.78, 5) is 6.08. The summed E-state index contributed by atoms with van der Waals surface area (Å²) in [6.45, 7) is 6.27. The molecule has 0 amide bonds. The van der Waals surface area contributed by atoms with Crippen molar-refractivity contribution in [1.82, 2.24) is 10.3 Å². The molecule has 1 aromatic heterocycles. The molecule has 0 aliphatic carbocycles. The molecule has 0 atom stereocenters. The summed E-state index contributed by atoms with van der Waals surface area (Å²) in [5.41, 5.74) is 2.36. The maximum absolute atomic E-state index is 4.74. The Hall–Kier alpha value is -1.71. The van der Waals surface area contributed by atoms with E-state index in [0.717, 1.165) is 30.2 Å². The summed E-state index contributed by atoms with van der Waals surface area (Å²) >= 11 is 1.80. The maximum atomic E-state index is 4.74. The van der Waals surface area contributed by atoms with E-state index in [1.807, 2.05) is 0 Å². The van der Waals surface area contributed by atoms with Crippen LogP contribution in [0.1, 0.15) is 23.9 Å². The first-order chi connectivity index (χ1) is 10.3. The van der Waals surface area contributed by atoms with Gasteiger partial charge in [-0.1, -0.05) is 43.3 Å². The molecule has 108 valence electrons. The third-order valence-electron chi connectivity index (χ3n) is 3.60. The largest absolute Gasteiger partial charge is 0.312 e. The van der Waals surface area contributed by atoms with Gasteiger partial charge >= 0.3 is 0 Å². The number of benzene rings is 2. The number of hydrogen-bond donors (Lipinski definition) is 1. The number of nitrogens with one attached hydrogen (secondary N) is 1. The van der Waals surface area contributed by atoms with Gasteiger partial charge in [-0.25, -0.2) is 4.98 Å². The molecule has 3 heteroatoms. The van der Waals surface area contributed by atoms with E-state index in [4.69, 9.17) is 4.98 Å². The van der Waals surface area contributed by atoms with Gasteiger partial charge in [0, 0.05) is 17.0 Å². The predicted octanol–water partition coefficient (Wildman–Crippen LogP) is 4.77. The van der Waals surface area contributed by atoms with Crippen molar-refractivity contribution in [3.63, 3.8) is 0 Å². The van der Waals surface area contributed by atoms with Gasteiger partial charge in [0.2, 0.25) is 0 Å². The van der Waals surface area contributed by atoms with Crippen molar-refractivity contribution >= 4 is 22.1 Å². The molecule has 0 aliphatic rings. The van der Waals surface area contributed by atoms with Gasteiger partial charge in [0.15, 0.2) is 0 Å². The lowest BCUT2D eigenvalue weighted by molar-refractivity contribution is 0.678. The Labute approximate surface area is 129 Å². The SMILES string of the molecule is CCCNCc1sc(-c2ccc3ccccc3c2)nc1C. The lowest BCUT2D eigenvalue weighted by Gasteiger charge is -2.01. The number of nitrogens with zero attached hydrogens (tertiary/aromatic N) is 1. The first kappa shape index (κ1) is 14.2. The lowest BCUT2D eigenvalue weighted by Crippen LogP contribution is -2.13. The minimum Gasteiger partial charge on any atom is -0.312 e. The lowest BCUT2D eigenvalue weighted by atomic mass is 10.1. The Balaban J connectivity index is 1.89. The molecular weight excluding hydrogens is 276 g/mol. The Bertz CT molecular complexity index is 746. The first-order valence-electron chi connectivity index (χ1n) is 7.44. The molecular formula is C18H20N2S. The fraction of sp³-hybridized carbons (Fsp3) is 0.278. The van der Waals surface area contributed by atoms with E-state index in [2.05, 4.69) is 61.6 Å². The van der Waals surface area contributed by atoms with Gasteiger partial charge in [-0.05, 0) is 36.7 Å². The third kappa shape index (κ3) is 3.14. The van der Waals surface area contributed by atoms with Crippen LogP contribution in [-0.2, 0) is 6.54 Å². The van der Waals surface area contributed by atoms with Gasteiger partial charge in [0.1, 0.15) is 5.01 Å². The van der Waals surface area contributed by atoms with Crippen LogP contribution >= 0.6 is 11.3 Å². The van der Waals surface area contributed by atoms with E-state index in [-0.39, 0.29) is 0 Å². The van der Waals surface area contributed by atoms with Crippen LogP contribution in [0.15, 0.2) is 42.5 Å². The van der Waals surface area contributed by atoms with Crippen LogP contribution in [0.3, 0.4) is 0 Å². The molecule has 0 saturated carbocycles. The highest BCUT2D eigenvalue weighted by Gasteiger charge is 2.09.